The van der Waals surface area contributed by atoms with Gasteiger partial charge in [0.15, 0.2) is 11.5 Å². The molecule has 0 atom stereocenters. The zero-order valence-corrected chi connectivity index (χ0v) is 11.3. The van der Waals surface area contributed by atoms with Gasteiger partial charge in [0.1, 0.15) is 19.0 Å². The van der Waals surface area contributed by atoms with Crippen LogP contribution in [0.5, 0.6) is 11.5 Å². The first-order chi connectivity index (χ1) is 9.92. The van der Waals surface area contributed by atoms with Gasteiger partial charge in [-0.1, -0.05) is 0 Å². The second-order valence-electron chi connectivity index (χ2n) is 4.36. The lowest BCUT2D eigenvalue weighted by atomic mass is 10.2. The minimum atomic E-state index is 0.585. The van der Waals surface area contributed by atoms with E-state index >= 15 is 0 Å². The third-order valence-corrected chi connectivity index (χ3v) is 3.72. The van der Waals surface area contributed by atoms with Crippen LogP contribution in [0.25, 0.3) is 17.1 Å². The molecule has 0 spiro atoms. The SMILES string of the molecule is c1cn(-c2ccc3c(c2)OCCO3)c(-c2cnsc2)n1. The van der Waals surface area contributed by atoms with Crippen LogP contribution >= 0.6 is 11.5 Å². The van der Waals surface area contributed by atoms with E-state index < -0.39 is 0 Å². The Morgan fingerprint density at radius 2 is 2.05 bits per heavy atom. The smallest absolute Gasteiger partial charge is 0.163 e. The summed E-state index contributed by atoms with van der Waals surface area (Å²) in [6.45, 7) is 1.19. The molecule has 100 valence electrons. The molecule has 1 aliphatic rings. The molecule has 0 saturated heterocycles. The highest BCUT2D eigenvalue weighted by molar-refractivity contribution is 7.03. The minimum Gasteiger partial charge on any atom is -0.486 e. The van der Waals surface area contributed by atoms with Gasteiger partial charge in [0.2, 0.25) is 0 Å². The van der Waals surface area contributed by atoms with Crippen molar-refractivity contribution in [1.29, 1.82) is 0 Å². The van der Waals surface area contributed by atoms with Gasteiger partial charge in [-0.05, 0) is 23.7 Å². The number of nitrogens with zero attached hydrogens (tertiary/aromatic N) is 3. The predicted molar refractivity (Wildman–Crippen MR) is 75.7 cm³/mol. The summed E-state index contributed by atoms with van der Waals surface area (Å²) in [4.78, 5) is 4.40. The molecule has 0 aliphatic carbocycles. The molecular formula is C14H11N3O2S. The highest BCUT2D eigenvalue weighted by Gasteiger charge is 2.14. The van der Waals surface area contributed by atoms with Crippen LogP contribution in [0.15, 0.2) is 42.2 Å². The topological polar surface area (TPSA) is 49.2 Å². The monoisotopic (exact) mass is 285 g/mol. The van der Waals surface area contributed by atoms with E-state index in [0.29, 0.717) is 13.2 Å². The molecule has 20 heavy (non-hydrogen) atoms. The number of aromatic nitrogens is 3. The maximum absolute atomic E-state index is 5.62. The molecular weight excluding hydrogens is 274 g/mol. The number of imidazole rings is 1. The fourth-order valence-electron chi connectivity index (χ4n) is 2.22. The van der Waals surface area contributed by atoms with Crippen molar-refractivity contribution in [3.8, 4) is 28.6 Å². The normalized spacial score (nSPS) is 13.4. The molecule has 3 aromatic rings. The highest BCUT2D eigenvalue weighted by Crippen LogP contribution is 2.33. The van der Waals surface area contributed by atoms with Gasteiger partial charge in [-0.15, -0.1) is 0 Å². The van der Waals surface area contributed by atoms with E-state index in [4.69, 9.17) is 9.47 Å². The maximum Gasteiger partial charge on any atom is 0.163 e. The Kier molecular flexibility index (Phi) is 2.67. The summed E-state index contributed by atoms with van der Waals surface area (Å²) in [7, 11) is 0. The molecule has 0 N–H and O–H groups in total. The molecule has 0 radical (unpaired) electrons. The largest absolute Gasteiger partial charge is 0.486 e. The summed E-state index contributed by atoms with van der Waals surface area (Å²) in [5.41, 5.74) is 2.00. The van der Waals surface area contributed by atoms with Crippen molar-refractivity contribution in [2.24, 2.45) is 0 Å². The lowest BCUT2D eigenvalue weighted by molar-refractivity contribution is 0.171. The van der Waals surface area contributed by atoms with Gasteiger partial charge in [0.25, 0.3) is 0 Å². The van der Waals surface area contributed by atoms with Crippen LogP contribution in [0.1, 0.15) is 0 Å². The van der Waals surface area contributed by atoms with E-state index in [1.54, 1.807) is 6.20 Å². The number of fused-ring (bicyclic) bond motifs is 1. The summed E-state index contributed by atoms with van der Waals surface area (Å²) >= 11 is 1.42. The van der Waals surface area contributed by atoms with Gasteiger partial charge in [-0.3, -0.25) is 4.57 Å². The Labute approximate surface area is 119 Å². The zero-order chi connectivity index (χ0) is 13.4. The molecule has 0 fully saturated rings. The third kappa shape index (κ3) is 1.85. The molecule has 1 aromatic carbocycles. The van der Waals surface area contributed by atoms with Gasteiger partial charge in [0, 0.05) is 29.4 Å². The first kappa shape index (κ1) is 11.5. The second-order valence-corrected chi connectivity index (χ2v) is 5.02. The molecule has 0 unspecified atom stereocenters. The van der Waals surface area contributed by atoms with E-state index in [1.165, 1.54) is 11.5 Å². The molecule has 0 bridgehead atoms. The lowest BCUT2D eigenvalue weighted by Gasteiger charge is -2.19. The Morgan fingerprint density at radius 3 is 2.90 bits per heavy atom. The molecule has 1 aliphatic heterocycles. The van der Waals surface area contributed by atoms with Gasteiger partial charge in [-0.2, -0.15) is 0 Å². The number of rotatable bonds is 2. The van der Waals surface area contributed by atoms with Crippen molar-refractivity contribution in [2.75, 3.05) is 13.2 Å². The maximum atomic E-state index is 5.62. The zero-order valence-electron chi connectivity index (χ0n) is 10.5. The van der Waals surface area contributed by atoms with Crippen LogP contribution in [0.4, 0.5) is 0 Å². The molecule has 6 heteroatoms. The number of hydrogen-bond donors (Lipinski definition) is 0. The lowest BCUT2D eigenvalue weighted by Crippen LogP contribution is -2.15. The molecule has 2 aromatic heterocycles. The van der Waals surface area contributed by atoms with E-state index in [9.17, 15) is 0 Å². The Balaban J connectivity index is 1.80. The highest BCUT2D eigenvalue weighted by atomic mass is 32.1. The van der Waals surface area contributed by atoms with Crippen LogP contribution < -0.4 is 9.47 Å². The fourth-order valence-corrected chi connectivity index (χ4v) is 2.74. The Morgan fingerprint density at radius 1 is 1.15 bits per heavy atom. The number of ether oxygens (including phenoxy) is 2. The average molecular weight is 285 g/mol. The van der Waals surface area contributed by atoms with Crippen LogP contribution in [0.3, 0.4) is 0 Å². The third-order valence-electron chi connectivity index (χ3n) is 3.14. The van der Waals surface area contributed by atoms with E-state index in [2.05, 4.69) is 9.36 Å². The van der Waals surface area contributed by atoms with Crippen LogP contribution in [-0.4, -0.2) is 27.1 Å². The Bertz CT molecular complexity index is 737. The van der Waals surface area contributed by atoms with Gasteiger partial charge in [-0.25, -0.2) is 9.36 Å². The molecule has 0 saturated carbocycles. The van der Waals surface area contributed by atoms with Crippen molar-refractivity contribution in [2.45, 2.75) is 0 Å². The van der Waals surface area contributed by atoms with Crippen molar-refractivity contribution in [1.82, 2.24) is 13.9 Å². The molecule has 0 amide bonds. The first-order valence-electron chi connectivity index (χ1n) is 6.25. The summed E-state index contributed by atoms with van der Waals surface area (Å²) < 4.78 is 17.3. The van der Waals surface area contributed by atoms with Crippen molar-refractivity contribution < 1.29 is 9.47 Å². The summed E-state index contributed by atoms with van der Waals surface area (Å²) in [5, 5.41) is 1.98. The van der Waals surface area contributed by atoms with Gasteiger partial charge < -0.3 is 9.47 Å². The van der Waals surface area contributed by atoms with Crippen molar-refractivity contribution >= 4 is 11.5 Å². The Hall–Kier alpha value is -2.34. The summed E-state index contributed by atoms with van der Waals surface area (Å²) in [6, 6.07) is 5.90. The van der Waals surface area contributed by atoms with Crippen LogP contribution in [0.2, 0.25) is 0 Å². The van der Waals surface area contributed by atoms with Gasteiger partial charge in [0.05, 0.1) is 11.9 Å². The van der Waals surface area contributed by atoms with Crippen molar-refractivity contribution in [3.63, 3.8) is 0 Å². The summed E-state index contributed by atoms with van der Waals surface area (Å²) in [5.74, 6) is 2.44. The van der Waals surface area contributed by atoms with Crippen LogP contribution in [-0.2, 0) is 0 Å². The fraction of sp³-hybridized carbons (Fsp3) is 0.143. The van der Waals surface area contributed by atoms with E-state index in [-0.39, 0.29) is 0 Å². The number of hydrogen-bond acceptors (Lipinski definition) is 5. The quantitative estimate of drug-likeness (QED) is 0.726. The van der Waals surface area contributed by atoms with E-state index in [1.807, 2.05) is 40.5 Å². The predicted octanol–water partition coefficient (Wildman–Crippen LogP) is 2.77. The molecule has 5 nitrogen and oxygen atoms in total. The molecule has 3 heterocycles. The van der Waals surface area contributed by atoms with Gasteiger partial charge >= 0.3 is 0 Å². The van der Waals surface area contributed by atoms with Crippen LogP contribution in [0, 0.1) is 0 Å². The first-order valence-corrected chi connectivity index (χ1v) is 7.08. The van der Waals surface area contributed by atoms with Crippen molar-refractivity contribution in [3.05, 3.63) is 42.2 Å². The minimum absolute atomic E-state index is 0.585. The standard InChI is InChI=1S/C14H11N3O2S/c1-2-12-13(19-6-5-18-12)7-11(1)17-4-3-15-14(17)10-8-16-20-9-10/h1-4,7-9H,5-6H2. The number of benzene rings is 1. The summed E-state index contributed by atoms with van der Waals surface area (Å²) in [6.07, 6.45) is 5.53. The second kappa shape index (κ2) is 4.64. The molecule has 4 rings (SSSR count). The van der Waals surface area contributed by atoms with E-state index in [0.717, 1.165) is 28.6 Å². The average Bonchev–Trinajstić information content (AvgIpc) is 3.17.